The van der Waals surface area contributed by atoms with Gasteiger partial charge < -0.3 is 10.3 Å². The molecule has 5 nitrogen and oxygen atoms in total. The van der Waals surface area contributed by atoms with Crippen molar-refractivity contribution < 1.29 is 4.79 Å². The van der Waals surface area contributed by atoms with E-state index in [0.29, 0.717) is 0 Å². The second kappa shape index (κ2) is 5.11. The van der Waals surface area contributed by atoms with Crippen molar-refractivity contribution in [3.63, 3.8) is 0 Å². The maximum absolute atomic E-state index is 10.9. The number of aromatic nitrogens is 2. The van der Waals surface area contributed by atoms with Gasteiger partial charge in [-0.15, -0.1) is 11.3 Å². The number of amides is 1. The number of aryl methyl sites for hydroxylation is 1. The zero-order valence-corrected chi connectivity index (χ0v) is 10.3. The predicted molar refractivity (Wildman–Crippen MR) is 66.6 cm³/mol. The molecule has 0 aliphatic rings. The molecule has 1 unspecified atom stereocenters. The van der Waals surface area contributed by atoms with Gasteiger partial charge in [0.25, 0.3) is 0 Å². The molecule has 0 aromatic carbocycles. The number of carbonyl (C=O) groups is 1. The van der Waals surface area contributed by atoms with E-state index >= 15 is 0 Å². The minimum Gasteiger partial charge on any atom is -0.369 e. The number of thiophene rings is 1. The fourth-order valence-corrected chi connectivity index (χ4v) is 2.43. The minimum atomic E-state index is -0.374. The number of hydrogen-bond donors (Lipinski definition) is 2. The number of primary amides is 1. The van der Waals surface area contributed by atoms with Crippen LogP contribution < -0.4 is 11.1 Å². The Hall–Kier alpha value is -1.66. The molecule has 2 rings (SSSR count). The molecule has 17 heavy (non-hydrogen) atoms. The monoisotopic (exact) mass is 250 g/mol. The molecule has 0 aliphatic heterocycles. The van der Waals surface area contributed by atoms with Gasteiger partial charge in [-0.25, -0.2) is 4.98 Å². The van der Waals surface area contributed by atoms with Gasteiger partial charge in [0, 0.05) is 24.3 Å². The van der Waals surface area contributed by atoms with E-state index in [9.17, 15) is 4.79 Å². The molecule has 0 saturated heterocycles. The lowest BCUT2D eigenvalue weighted by Crippen LogP contribution is -2.33. The van der Waals surface area contributed by atoms with E-state index in [2.05, 4.69) is 10.3 Å². The second-order valence-corrected chi connectivity index (χ2v) is 4.67. The molecule has 2 aromatic rings. The van der Waals surface area contributed by atoms with Crippen LogP contribution in [0.5, 0.6) is 0 Å². The summed E-state index contributed by atoms with van der Waals surface area (Å²) in [4.78, 5) is 16.3. The molecule has 2 heterocycles. The fourth-order valence-electron chi connectivity index (χ4n) is 1.63. The summed E-state index contributed by atoms with van der Waals surface area (Å²) >= 11 is 1.62. The Morgan fingerprint density at radius 1 is 1.71 bits per heavy atom. The van der Waals surface area contributed by atoms with E-state index in [1.165, 1.54) is 0 Å². The number of nitrogens with zero attached hydrogens (tertiary/aromatic N) is 2. The van der Waals surface area contributed by atoms with Crippen LogP contribution >= 0.6 is 11.3 Å². The lowest BCUT2D eigenvalue weighted by Gasteiger charge is -2.16. The molecule has 1 amide bonds. The van der Waals surface area contributed by atoms with Crippen molar-refractivity contribution in [2.75, 3.05) is 6.54 Å². The van der Waals surface area contributed by atoms with E-state index in [4.69, 9.17) is 5.73 Å². The van der Waals surface area contributed by atoms with E-state index in [0.717, 1.165) is 10.7 Å². The average molecular weight is 250 g/mol. The Balaban J connectivity index is 2.25. The Labute approximate surface area is 103 Å². The Morgan fingerprint density at radius 2 is 2.53 bits per heavy atom. The molecule has 0 fully saturated rings. The van der Waals surface area contributed by atoms with E-state index in [1.54, 1.807) is 17.5 Å². The summed E-state index contributed by atoms with van der Waals surface area (Å²) in [5.74, 6) is 0.495. The quantitative estimate of drug-likeness (QED) is 0.818. The SMILES string of the molecule is Cn1ccnc1C(NCC(N)=O)c1cccs1. The molecule has 3 N–H and O–H groups in total. The van der Waals surface area contributed by atoms with E-state index in [1.807, 2.05) is 35.3 Å². The molecular weight excluding hydrogens is 236 g/mol. The molecule has 0 saturated carbocycles. The van der Waals surface area contributed by atoms with Crippen molar-refractivity contribution >= 4 is 17.2 Å². The maximum Gasteiger partial charge on any atom is 0.231 e. The number of nitrogens with two attached hydrogens (primary N) is 1. The molecule has 0 spiro atoms. The van der Waals surface area contributed by atoms with Gasteiger partial charge in [-0.2, -0.15) is 0 Å². The molecule has 6 heteroatoms. The van der Waals surface area contributed by atoms with Crippen molar-refractivity contribution in [2.45, 2.75) is 6.04 Å². The van der Waals surface area contributed by atoms with Crippen LogP contribution in [-0.2, 0) is 11.8 Å². The van der Waals surface area contributed by atoms with Crippen LogP contribution in [0.25, 0.3) is 0 Å². The predicted octanol–water partition coefficient (Wildman–Crippen LogP) is 0.646. The van der Waals surface area contributed by atoms with E-state index in [-0.39, 0.29) is 18.5 Å². The third-order valence-electron chi connectivity index (χ3n) is 2.42. The topological polar surface area (TPSA) is 72.9 Å². The third-order valence-corrected chi connectivity index (χ3v) is 3.36. The van der Waals surface area contributed by atoms with Crippen molar-refractivity contribution in [2.24, 2.45) is 12.8 Å². The maximum atomic E-state index is 10.9. The lowest BCUT2D eigenvalue weighted by molar-refractivity contribution is -0.117. The zero-order valence-electron chi connectivity index (χ0n) is 9.46. The highest BCUT2D eigenvalue weighted by atomic mass is 32.1. The molecule has 1 atom stereocenters. The second-order valence-electron chi connectivity index (χ2n) is 3.69. The first kappa shape index (κ1) is 11.8. The Bertz CT molecular complexity index is 491. The van der Waals surface area contributed by atoms with E-state index < -0.39 is 0 Å². The van der Waals surface area contributed by atoms with Crippen molar-refractivity contribution in [3.8, 4) is 0 Å². The summed E-state index contributed by atoms with van der Waals surface area (Å²) < 4.78 is 1.93. The van der Waals surface area contributed by atoms with Gasteiger partial charge in [0.15, 0.2) is 0 Å². The van der Waals surface area contributed by atoms with Crippen LogP contribution in [-0.4, -0.2) is 22.0 Å². The molecule has 0 bridgehead atoms. The van der Waals surface area contributed by atoms with Gasteiger partial charge in [0.05, 0.1) is 6.54 Å². The first-order valence-electron chi connectivity index (χ1n) is 5.21. The van der Waals surface area contributed by atoms with Crippen LogP contribution in [0.15, 0.2) is 29.9 Å². The van der Waals surface area contributed by atoms with Gasteiger partial charge in [0.2, 0.25) is 5.91 Å². The molecular formula is C11H14N4OS. The summed E-state index contributed by atoms with van der Waals surface area (Å²) in [7, 11) is 1.93. The van der Waals surface area contributed by atoms with Gasteiger partial charge in [-0.05, 0) is 11.4 Å². The van der Waals surface area contributed by atoms with Crippen LogP contribution in [0.2, 0.25) is 0 Å². The van der Waals surface area contributed by atoms with Crippen molar-refractivity contribution in [1.29, 1.82) is 0 Å². The van der Waals surface area contributed by atoms with Gasteiger partial charge in [-0.3, -0.25) is 10.1 Å². The van der Waals surface area contributed by atoms with Crippen molar-refractivity contribution in [1.82, 2.24) is 14.9 Å². The Morgan fingerprint density at radius 3 is 3.06 bits per heavy atom. The zero-order chi connectivity index (χ0) is 12.3. The van der Waals surface area contributed by atoms with Crippen LogP contribution in [0.4, 0.5) is 0 Å². The standard InChI is InChI=1S/C11H14N4OS/c1-15-5-4-13-11(15)10(14-7-9(12)16)8-3-2-6-17-8/h2-6,10,14H,7H2,1H3,(H2,12,16). The van der Waals surface area contributed by atoms with Gasteiger partial charge in [0.1, 0.15) is 11.9 Å². The largest absolute Gasteiger partial charge is 0.369 e. The first-order valence-corrected chi connectivity index (χ1v) is 6.08. The fraction of sp³-hybridized carbons (Fsp3) is 0.273. The van der Waals surface area contributed by atoms with Crippen LogP contribution in [0.3, 0.4) is 0 Å². The number of carbonyl (C=O) groups excluding carboxylic acids is 1. The minimum absolute atomic E-state index is 0.0949. The normalized spacial score (nSPS) is 12.5. The summed E-state index contributed by atoms with van der Waals surface area (Å²) in [5.41, 5.74) is 5.16. The number of rotatable bonds is 5. The summed E-state index contributed by atoms with van der Waals surface area (Å²) in [6.45, 7) is 0.134. The summed E-state index contributed by atoms with van der Waals surface area (Å²) in [6.07, 6.45) is 3.61. The van der Waals surface area contributed by atoms with Crippen molar-refractivity contribution in [3.05, 3.63) is 40.6 Å². The third kappa shape index (κ3) is 2.72. The van der Waals surface area contributed by atoms with Crippen LogP contribution in [0.1, 0.15) is 16.7 Å². The highest BCUT2D eigenvalue weighted by Gasteiger charge is 2.19. The van der Waals surface area contributed by atoms with Gasteiger partial charge >= 0.3 is 0 Å². The van der Waals surface area contributed by atoms with Crippen LogP contribution in [0, 0.1) is 0 Å². The number of imidazole rings is 1. The number of nitrogens with one attached hydrogen (secondary N) is 1. The molecule has 0 radical (unpaired) electrons. The number of hydrogen-bond acceptors (Lipinski definition) is 4. The highest BCUT2D eigenvalue weighted by Crippen LogP contribution is 2.24. The lowest BCUT2D eigenvalue weighted by atomic mass is 10.2. The van der Waals surface area contributed by atoms with Gasteiger partial charge in [-0.1, -0.05) is 6.07 Å². The Kier molecular flexibility index (Phi) is 3.55. The molecule has 90 valence electrons. The molecule has 2 aromatic heterocycles. The summed E-state index contributed by atoms with van der Waals surface area (Å²) in [5, 5.41) is 5.11. The molecule has 0 aliphatic carbocycles. The average Bonchev–Trinajstić information content (AvgIpc) is 2.91. The summed E-state index contributed by atoms with van der Waals surface area (Å²) in [6, 6.07) is 3.89. The highest BCUT2D eigenvalue weighted by molar-refractivity contribution is 7.10. The first-order chi connectivity index (χ1) is 8.18. The smallest absolute Gasteiger partial charge is 0.231 e.